The van der Waals surface area contributed by atoms with E-state index in [0.717, 1.165) is 41.9 Å². The van der Waals surface area contributed by atoms with Gasteiger partial charge in [0.25, 0.3) is 0 Å². The monoisotopic (exact) mass is 420 g/mol. The maximum Gasteiger partial charge on any atom is 0.303 e. The molecular formula is C29H40O2. The van der Waals surface area contributed by atoms with Crippen molar-refractivity contribution in [3.63, 3.8) is 0 Å². The Labute approximate surface area is 188 Å². The Morgan fingerprint density at radius 2 is 1.65 bits per heavy atom. The molecule has 2 heteroatoms. The molecule has 2 nitrogen and oxygen atoms in total. The molecule has 0 aliphatic heterocycles. The molecule has 4 saturated carbocycles. The minimum Gasteiger partial charge on any atom is -0.457 e. The van der Waals surface area contributed by atoms with E-state index in [4.69, 9.17) is 4.74 Å². The van der Waals surface area contributed by atoms with Crippen LogP contribution in [0.4, 0.5) is 0 Å². The fourth-order valence-electron chi connectivity index (χ4n) is 8.52. The Morgan fingerprint density at radius 1 is 0.968 bits per heavy atom. The second kappa shape index (κ2) is 8.09. The maximum absolute atomic E-state index is 12.1. The summed E-state index contributed by atoms with van der Waals surface area (Å²) in [5.74, 6) is 5.88. The first-order valence-corrected chi connectivity index (χ1v) is 12.8. The molecule has 31 heavy (non-hydrogen) atoms. The summed E-state index contributed by atoms with van der Waals surface area (Å²) in [6.07, 6.45) is 11.6. The van der Waals surface area contributed by atoms with Crippen molar-refractivity contribution in [2.45, 2.75) is 78.7 Å². The Morgan fingerprint density at radius 3 is 2.39 bits per heavy atom. The summed E-state index contributed by atoms with van der Waals surface area (Å²) in [6, 6.07) is 10.6. The lowest BCUT2D eigenvalue weighted by molar-refractivity contribution is -0.155. The van der Waals surface area contributed by atoms with E-state index in [1.807, 2.05) is 0 Å². The molecule has 0 saturated heterocycles. The van der Waals surface area contributed by atoms with Crippen LogP contribution in [0.1, 0.15) is 78.2 Å². The second-order valence-electron chi connectivity index (χ2n) is 11.6. The number of rotatable bonds is 2. The molecule has 4 aliphatic carbocycles. The van der Waals surface area contributed by atoms with Gasteiger partial charge in [-0.15, -0.1) is 0 Å². The van der Waals surface area contributed by atoms with Crippen LogP contribution < -0.4 is 0 Å². The highest BCUT2D eigenvalue weighted by molar-refractivity contribution is 5.67. The van der Waals surface area contributed by atoms with Crippen LogP contribution in [-0.4, -0.2) is 12.1 Å². The molecular weight excluding hydrogens is 380 g/mol. The number of hydrogen-bond acceptors (Lipinski definition) is 2. The summed E-state index contributed by atoms with van der Waals surface area (Å²) in [5.41, 5.74) is 2.67. The largest absolute Gasteiger partial charge is 0.457 e. The van der Waals surface area contributed by atoms with Gasteiger partial charge in [-0.1, -0.05) is 63.6 Å². The lowest BCUT2D eigenvalue weighted by Gasteiger charge is -2.57. The van der Waals surface area contributed by atoms with E-state index in [1.165, 1.54) is 49.7 Å². The number of esters is 1. The van der Waals surface area contributed by atoms with Crippen LogP contribution in [0.5, 0.6) is 0 Å². The van der Waals surface area contributed by atoms with Crippen molar-refractivity contribution in [2.24, 2.45) is 46.8 Å². The predicted molar refractivity (Wildman–Crippen MR) is 126 cm³/mol. The standard InChI is InChI=1S/C29H40O2/c1-18-10-11-24-23(19(18)2)12-13-26-25(24)14-15-29(4)27(26)17-22(28(29)31-20(3)30)16-21-8-6-5-7-9-21/h5-9,16,18-19,23-28H,10-15,17H2,1-4H3/b22-16+/t18-,19+,23+,24+,25-,26-,27+,28+,29+/m0/s1. The van der Waals surface area contributed by atoms with E-state index in [-0.39, 0.29) is 17.5 Å². The first kappa shape index (κ1) is 21.3. The van der Waals surface area contributed by atoms with Gasteiger partial charge in [-0.25, -0.2) is 0 Å². The highest BCUT2D eigenvalue weighted by atomic mass is 16.5. The fourth-order valence-corrected chi connectivity index (χ4v) is 8.52. The van der Waals surface area contributed by atoms with Gasteiger partial charge in [-0.2, -0.15) is 0 Å². The van der Waals surface area contributed by atoms with Crippen molar-refractivity contribution >= 4 is 12.0 Å². The molecule has 0 heterocycles. The first-order chi connectivity index (χ1) is 14.9. The molecule has 5 rings (SSSR count). The maximum atomic E-state index is 12.1. The summed E-state index contributed by atoms with van der Waals surface area (Å²) in [4.78, 5) is 12.1. The molecule has 0 spiro atoms. The minimum absolute atomic E-state index is 0.0563. The zero-order valence-corrected chi connectivity index (χ0v) is 19.8. The number of benzene rings is 1. The van der Waals surface area contributed by atoms with Gasteiger partial charge in [0.2, 0.25) is 0 Å². The van der Waals surface area contributed by atoms with Crippen LogP contribution in [0.25, 0.3) is 6.08 Å². The summed E-state index contributed by atoms with van der Waals surface area (Å²) in [7, 11) is 0. The van der Waals surface area contributed by atoms with Gasteiger partial charge >= 0.3 is 5.97 Å². The van der Waals surface area contributed by atoms with E-state index < -0.39 is 0 Å². The molecule has 0 unspecified atom stereocenters. The van der Waals surface area contributed by atoms with Gasteiger partial charge in [0.15, 0.2) is 0 Å². The smallest absolute Gasteiger partial charge is 0.303 e. The molecule has 0 amide bonds. The third-order valence-electron chi connectivity index (χ3n) is 10.2. The Bertz CT molecular complexity index is 842. The average molecular weight is 421 g/mol. The van der Waals surface area contributed by atoms with Gasteiger partial charge in [-0.05, 0) is 91.1 Å². The number of hydrogen-bond donors (Lipinski definition) is 0. The summed E-state index contributed by atoms with van der Waals surface area (Å²) >= 11 is 0. The van der Waals surface area contributed by atoms with Gasteiger partial charge < -0.3 is 4.74 Å². The second-order valence-corrected chi connectivity index (χ2v) is 11.6. The molecule has 168 valence electrons. The van der Waals surface area contributed by atoms with Gasteiger partial charge in [0.05, 0.1) is 0 Å². The molecule has 4 aliphatic rings. The molecule has 9 atom stereocenters. The topological polar surface area (TPSA) is 26.3 Å². The van der Waals surface area contributed by atoms with Crippen molar-refractivity contribution in [1.82, 2.24) is 0 Å². The minimum atomic E-state index is -0.133. The van der Waals surface area contributed by atoms with Crippen LogP contribution in [-0.2, 0) is 9.53 Å². The SMILES string of the molecule is CC(=O)O[C@@H]1/C(=C/c2ccccc2)C[C@@H]2[C@H]3CC[C@@H]4[C@H](C)[C@@H](C)CC[C@H]4[C@@H]3CC[C@@]12C. The molecule has 1 aromatic carbocycles. The lowest BCUT2D eigenvalue weighted by Crippen LogP contribution is -2.51. The van der Waals surface area contributed by atoms with E-state index in [2.05, 4.69) is 57.2 Å². The number of fused-ring (bicyclic) bond motifs is 5. The predicted octanol–water partition coefficient (Wildman–Crippen LogP) is 7.15. The Kier molecular flexibility index (Phi) is 5.55. The van der Waals surface area contributed by atoms with Crippen LogP contribution in [0.2, 0.25) is 0 Å². The summed E-state index contributed by atoms with van der Waals surface area (Å²) < 4.78 is 6.08. The van der Waals surface area contributed by atoms with Crippen molar-refractivity contribution < 1.29 is 9.53 Å². The van der Waals surface area contributed by atoms with E-state index >= 15 is 0 Å². The number of carbonyl (C=O) groups is 1. The molecule has 0 N–H and O–H groups in total. The molecule has 4 fully saturated rings. The van der Waals surface area contributed by atoms with E-state index in [1.54, 1.807) is 6.92 Å². The van der Waals surface area contributed by atoms with Crippen molar-refractivity contribution in [3.05, 3.63) is 41.5 Å². The Balaban J connectivity index is 1.46. The normalized spacial score (nSPS) is 45.5. The van der Waals surface area contributed by atoms with Gasteiger partial charge in [0, 0.05) is 12.3 Å². The van der Waals surface area contributed by atoms with Crippen LogP contribution in [0.3, 0.4) is 0 Å². The van der Waals surface area contributed by atoms with E-state index in [0.29, 0.717) is 5.92 Å². The zero-order valence-electron chi connectivity index (χ0n) is 19.8. The number of carbonyl (C=O) groups excluding carboxylic acids is 1. The third-order valence-corrected chi connectivity index (χ3v) is 10.2. The molecule has 1 aromatic rings. The first-order valence-electron chi connectivity index (χ1n) is 12.8. The average Bonchev–Trinajstić information content (AvgIpc) is 3.02. The Hall–Kier alpha value is -1.57. The molecule has 0 bridgehead atoms. The van der Waals surface area contributed by atoms with Crippen molar-refractivity contribution in [3.8, 4) is 0 Å². The summed E-state index contributed by atoms with van der Waals surface area (Å²) in [5, 5.41) is 0. The highest BCUT2D eigenvalue weighted by Crippen LogP contribution is 2.65. The van der Waals surface area contributed by atoms with Crippen molar-refractivity contribution in [1.29, 1.82) is 0 Å². The molecule has 0 radical (unpaired) electrons. The quantitative estimate of drug-likeness (QED) is 0.475. The fraction of sp³-hybridized carbons (Fsp3) is 0.690. The highest BCUT2D eigenvalue weighted by Gasteiger charge is 2.60. The van der Waals surface area contributed by atoms with Gasteiger partial charge in [-0.3, -0.25) is 4.79 Å². The third kappa shape index (κ3) is 3.58. The lowest BCUT2D eigenvalue weighted by atomic mass is 9.48. The van der Waals surface area contributed by atoms with Crippen LogP contribution >= 0.6 is 0 Å². The van der Waals surface area contributed by atoms with Crippen LogP contribution in [0, 0.1) is 46.8 Å². The van der Waals surface area contributed by atoms with E-state index in [9.17, 15) is 4.79 Å². The number of ether oxygens (including phenoxy) is 1. The summed E-state index contributed by atoms with van der Waals surface area (Å²) in [6.45, 7) is 9.03. The zero-order chi connectivity index (χ0) is 21.8. The van der Waals surface area contributed by atoms with Gasteiger partial charge in [0.1, 0.15) is 6.10 Å². The molecule has 0 aromatic heterocycles. The van der Waals surface area contributed by atoms with Crippen LogP contribution in [0.15, 0.2) is 35.9 Å². The van der Waals surface area contributed by atoms with Crippen molar-refractivity contribution in [2.75, 3.05) is 0 Å².